The molecule has 2 nitrogen and oxygen atoms in total. The minimum atomic E-state index is -2.35. The van der Waals surface area contributed by atoms with Crippen LogP contribution in [-0.4, -0.2) is 19.8 Å². The first-order valence-electron chi connectivity index (χ1n) is 5.96. The Morgan fingerprint density at radius 2 is 1.25 bits per heavy atom. The van der Waals surface area contributed by atoms with Crippen LogP contribution in [0, 0.1) is 0 Å². The molecule has 0 aromatic carbocycles. The maximum Gasteiger partial charge on any atom is 0.367 e. The van der Waals surface area contributed by atoms with Gasteiger partial charge in [-0.05, 0) is 47.2 Å². The summed E-state index contributed by atoms with van der Waals surface area (Å²) in [6.07, 6.45) is 0. The minimum Gasteiger partial charge on any atom is -0.386 e. The Morgan fingerprint density at radius 1 is 0.938 bits per heavy atom. The molecule has 0 aliphatic rings. The highest BCUT2D eigenvalue weighted by molar-refractivity contribution is 6.74. The molecular formula is C13H28O2Si. The van der Waals surface area contributed by atoms with Crippen LogP contribution in [0.3, 0.4) is 0 Å². The van der Waals surface area contributed by atoms with Gasteiger partial charge in [-0.2, -0.15) is 0 Å². The maximum atomic E-state index is 6.21. The summed E-state index contributed by atoms with van der Waals surface area (Å²) in [5, 5.41) is 0. The zero-order valence-corrected chi connectivity index (χ0v) is 13.2. The van der Waals surface area contributed by atoms with Gasteiger partial charge in [-0.3, -0.25) is 0 Å². The van der Waals surface area contributed by atoms with E-state index >= 15 is 0 Å². The first-order valence-corrected chi connectivity index (χ1v) is 7.93. The fraction of sp³-hybridized carbons (Fsp3) is 0.846. The van der Waals surface area contributed by atoms with Crippen molar-refractivity contribution in [2.75, 3.05) is 0 Å². The third-order valence-electron chi connectivity index (χ3n) is 2.02. The second kappa shape index (κ2) is 5.03. The monoisotopic (exact) mass is 244 g/mol. The molecule has 3 heteroatoms. The molecule has 0 rings (SSSR count). The molecular weight excluding hydrogens is 216 g/mol. The second-order valence-corrected chi connectivity index (χ2v) is 9.92. The zero-order chi connectivity index (χ0) is 13.2. The highest BCUT2D eigenvalue weighted by Crippen LogP contribution is 2.32. The normalized spacial score (nSPS) is 14.3. The molecule has 0 N–H and O–H groups in total. The van der Waals surface area contributed by atoms with Crippen LogP contribution in [0.2, 0.25) is 5.54 Å². The fourth-order valence-corrected chi connectivity index (χ4v) is 4.60. The van der Waals surface area contributed by atoms with Crippen LogP contribution < -0.4 is 0 Å². The van der Waals surface area contributed by atoms with Crippen LogP contribution in [0.25, 0.3) is 0 Å². The van der Waals surface area contributed by atoms with Crippen LogP contribution in [0.1, 0.15) is 55.4 Å². The summed E-state index contributed by atoms with van der Waals surface area (Å²) in [6.45, 7) is 20.6. The van der Waals surface area contributed by atoms with Crippen molar-refractivity contribution in [1.29, 1.82) is 0 Å². The van der Waals surface area contributed by atoms with Gasteiger partial charge in [0.25, 0.3) is 0 Å². The lowest BCUT2D eigenvalue weighted by molar-refractivity contribution is 0.0172. The topological polar surface area (TPSA) is 18.5 Å². The molecule has 0 radical (unpaired) electrons. The summed E-state index contributed by atoms with van der Waals surface area (Å²) < 4.78 is 12.4. The Morgan fingerprint density at radius 3 is 1.38 bits per heavy atom. The van der Waals surface area contributed by atoms with Gasteiger partial charge in [0.05, 0.1) is 11.2 Å². The van der Waals surface area contributed by atoms with E-state index in [1.54, 1.807) is 0 Å². The third-order valence-corrected chi connectivity index (χ3v) is 6.06. The highest BCUT2D eigenvalue weighted by Gasteiger charge is 2.44. The molecule has 0 heterocycles. The van der Waals surface area contributed by atoms with Crippen molar-refractivity contribution in [2.45, 2.75) is 72.1 Å². The van der Waals surface area contributed by atoms with Crippen molar-refractivity contribution >= 4 is 8.56 Å². The summed E-state index contributed by atoms with van der Waals surface area (Å²) in [4.78, 5) is 0. The van der Waals surface area contributed by atoms with E-state index in [9.17, 15) is 0 Å². The van der Waals surface area contributed by atoms with E-state index in [1.807, 2.05) is 5.70 Å². The third kappa shape index (κ3) is 5.28. The van der Waals surface area contributed by atoms with Crippen molar-refractivity contribution < 1.29 is 8.85 Å². The van der Waals surface area contributed by atoms with Crippen LogP contribution >= 0.6 is 0 Å². The van der Waals surface area contributed by atoms with Gasteiger partial charge in [0.1, 0.15) is 0 Å². The SMILES string of the molecule is C=C[Si](OC(C)(C)C)(OC(C)(C)C)C(C)C. The molecule has 96 valence electrons. The van der Waals surface area contributed by atoms with Gasteiger partial charge < -0.3 is 8.85 Å². The summed E-state index contributed by atoms with van der Waals surface area (Å²) >= 11 is 0. The van der Waals surface area contributed by atoms with Crippen molar-refractivity contribution in [3.05, 3.63) is 12.3 Å². The molecule has 0 aliphatic heterocycles. The van der Waals surface area contributed by atoms with Crippen molar-refractivity contribution in [2.24, 2.45) is 0 Å². The molecule has 0 unspecified atom stereocenters. The average Bonchev–Trinajstić information content (AvgIpc) is 1.97. The lowest BCUT2D eigenvalue weighted by Crippen LogP contribution is -2.52. The van der Waals surface area contributed by atoms with Crippen LogP contribution in [-0.2, 0) is 8.85 Å². The molecule has 0 saturated heterocycles. The number of hydrogen-bond acceptors (Lipinski definition) is 2. The Kier molecular flexibility index (Phi) is 4.99. The fourth-order valence-electron chi connectivity index (χ4n) is 1.53. The van der Waals surface area contributed by atoms with E-state index in [0.717, 1.165) is 0 Å². The van der Waals surface area contributed by atoms with E-state index in [2.05, 4.69) is 62.0 Å². The number of rotatable bonds is 4. The lowest BCUT2D eigenvalue weighted by Gasteiger charge is -2.41. The van der Waals surface area contributed by atoms with E-state index in [0.29, 0.717) is 5.54 Å². The first-order chi connectivity index (χ1) is 6.92. The number of hydrogen-bond donors (Lipinski definition) is 0. The standard InChI is InChI=1S/C13H28O2Si/c1-10-16(11(2)3,14-12(4,5)6)15-13(7,8)9/h10-11H,1H2,2-9H3. The van der Waals surface area contributed by atoms with E-state index in [-0.39, 0.29) is 11.2 Å². The molecule has 16 heavy (non-hydrogen) atoms. The van der Waals surface area contributed by atoms with Gasteiger partial charge >= 0.3 is 8.56 Å². The van der Waals surface area contributed by atoms with Gasteiger partial charge in [-0.15, -0.1) is 6.58 Å². The van der Waals surface area contributed by atoms with Crippen molar-refractivity contribution in [3.63, 3.8) is 0 Å². The Balaban J connectivity index is 5.09. The minimum absolute atomic E-state index is 0.198. The van der Waals surface area contributed by atoms with E-state index < -0.39 is 8.56 Å². The van der Waals surface area contributed by atoms with Crippen LogP contribution in [0.15, 0.2) is 12.3 Å². The van der Waals surface area contributed by atoms with Gasteiger partial charge in [0.2, 0.25) is 0 Å². The van der Waals surface area contributed by atoms with E-state index in [4.69, 9.17) is 8.85 Å². The van der Waals surface area contributed by atoms with Gasteiger partial charge in [0, 0.05) is 5.54 Å². The quantitative estimate of drug-likeness (QED) is 0.690. The van der Waals surface area contributed by atoms with Gasteiger partial charge in [-0.1, -0.05) is 13.8 Å². The summed E-state index contributed by atoms with van der Waals surface area (Å²) in [6, 6.07) is 0. The molecule has 0 saturated carbocycles. The Labute approximate surface area is 102 Å². The molecule has 0 spiro atoms. The average molecular weight is 244 g/mol. The lowest BCUT2D eigenvalue weighted by atomic mass is 10.2. The van der Waals surface area contributed by atoms with Crippen LogP contribution in [0.5, 0.6) is 0 Å². The molecule has 0 bridgehead atoms. The molecule has 0 fully saturated rings. The molecule has 0 aromatic rings. The van der Waals surface area contributed by atoms with Crippen molar-refractivity contribution in [1.82, 2.24) is 0 Å². The summed E-state index contributed by atoms with van der Waals surface area (Å²) in [7, 11) is -2.35. The van der Waals surface area contributed by atoms with Crippen molar-refractivity contribution in [3.8, 4) is 0 Å². The molecule has 0 aliphatic carbocycles. The second-order valence-electron chi connectivity index (χ2n) is 6.51. The molecule has 0 aromatic heterocycles. The molecule has 0 amide bonds. The highest BCUT2D eigenvalue weighted by atomic mass is 28.4. The maximum absolute atomic E-state index is 6.21. The van der Waals surface area contributed by atoms with Gasteiger partial charge in [0.15, 0.2) is 0 Å². The summed E-state index contributed by atoms with van der Waals surface area (Å²) in [5.41, 5.74) is 1.86. The smallest absolute Gasteiger partial charge is 0.367 e. The Bertz CT molecular complexity index is 217. The van der Waals surface area contributed by atoms with Gasteiger partial charge in [-0.25, -0.2) is 0 Å². The predicted octanol–water partition coefficient (Wildman–Crippen LogP) is 4.19. The van der Waals surface area contributed by atoms with E-state index in [1.165, 1.54) is 0 Å². The largest absolute Gasteiger partial charge is 0.386 e. The Hall–Kier alpha value is -0.123. The predicted molar refractivity (Wildman–Crippen MR) is 72.7 cm³/mol. The first kappa shape index (κ1) is 15.9. The van der Waals surface area contributed by atoms with Crippen LogP contribution in [0.4, 0.5) is 0 Å². The molecule has 0 atom stereocenters. The zero-order valence-electron chi connectivity index (χ0n) is 12.2. The summed E-state index contributed by atoms with van der Waals surface area (Å²) in [5.74, 6) is 0.